The molecule has 0 fully saturated rings. The van der Waals surface area contributed by atoms with Crippen LogP contribution in [0, 0.1) is 0 Å². The van der Waals surface area contributed by atoms with Gasteiger partial charge in [0.2, 0.25) is 0 Å². The SMILES string of the molecule is S=C=Nc1ccc(/C=C/c2ccc(NC=S)cc2)cc1. The van der Waals surface area contributed by atoms with E-state index in [1.54, 1.807) is 0 Å². The Balaban J connectivity index is 2.08. The van der Waals surface area contributed by atoms with Crippen molar-refractivity contribution in [3.05, 3.63) is 59.7 Å². The Bertz CT molecular complexity index is 652. The minimum absolute atomic E-state index is 0.813. The third-order valence-corrected chi connectivity index (χ3v) is 2.88. The van der Waals surface area contributed by atoms with E-state index in [2.05, 4.69) is 33.8 Å². The van der Waals surface area contributed by atoms with E-state index in [4.69, 9.17) is 12.2 Å². The van der Waals surface area contributed by atoms with Crippen molar-refractivity contribution >= 4 is 58.6 Å². The van der Waals surface area contributed by atoms with Crippen molar-refractivity contribution in [1.82, 2.24) is 0 Å². The number of rotatable bonds is 5. The first-order valence-corrected chi connectivity index (χ1v) is 6.86. The largest absolute Gasteiger partial charge is 0.353 e. The summed E-state index contributed by atoms with van der Waals surface area (Å²) in [5.41, 5.74) is 5.53. The second kappa shape index (κ2) is 7.46. The molecule has 0 atom stereocenters. The average Bonchev–Trinajstić information content (AvgIpc) is 2.49. The van der Waals surface area contributed by atoms with Crippen molar-refractivity contribution in [2.45, 2.75) is 0 Å². The van der Waals surface area contributed by atoms with E-state index < -0.39 is 0 Å². The van der Waals surface area contributed by atoms with Crippen molar-refractivity contribution in [2.75, 3.05) is 5.32 Å². The molecule has 0 aliphatic heterocycles. The second-order valence-corrected chi connectivity index (χ2v) is 4.43. The van der Waals surface area contributed by atoms with Crippen LogP contribution >= 0.6 is 24.4 Å². The Morgan fingerprint density at radius 3 is 1.95 bits per heavy atom. The highest BCUT2D eigenvalue weighted by atomic mass is 32.1. The molecule has 2 nitrogen and oxygen atoms in total. The summed E-state index contributed by atoms with van der Waals surface area (Å²) in [6, 6.07) is 15.8. The lowest BCUT2D eigenvalue weighted by Crippen LogP contribution is -1.90. The predicted molar refractivity (Wildman–Crippen MR) is 93.8 cm³/mol. The molecule has 98 valence electrons. The first-order valence-electron chi connectivity index (χ1n) is 5.98. The number of thiocarbonyl (C=S) groups is 2. The summed E-state index contributed by atoms with van der Waals surface area (Å²) in [6.45, 7) is 0. The fourth-order valence-electron chi connectivity index (χ4n) is 1.66. The number of aliphatic imine (C=N–C) groups is 1. The van der Waals surface area contributed by atoms with Crippen LogP contribution in [0.25, 0.3) is 12.2 Å². The molecule has 0 bridgehead atoms. The van der Waals surface area contributed by atoms with Crippen molar-refractivity contribution in [2.24, 2.45) is 4.99 Å². The summed E-state index contributed by atoms with van der Waals surface area (Å²) in [5, 5.41) is 5.32. The van der Waals surface area contributed by atoms with Crippen molar-refractivity contribution in [3.8, 4) is 0 Å². The van der Waals surface area contributed by atoms with Gasteiger partial charge in [0.1, 0.15) is 0 Å². The van der Waals surface area contributed by atoms with Gasteiger partial charge in [-0.1, -0.05) is 48.6 Å². The van der Waals surface area contributed by atoms with Crippen LogP contribution in [0.1, 0.15) is 11.1 Å². The van der Waals surface area contributed by atoms with Gasteiger partial charge in [0.25, 0.3) is 0 Å². The minimum atomic E-state index is 0.813. The molecule has 0 saturated heterocycles. The Morgan fingerprint density at radius 2 is 1.45 bits per heavy atom. The standard InChI is InChI=1S/C16H12N2S2/c19-11-17-15-7-3-13(4-8-15)1-2-14-5-9-16(10-6-14)18-12-20/h1-11H,(H,17,19)/b2-1+. The Morgan fingerprint density at radius 1 is 0.900 bits per heavy atom. The Hall–Kier alpha value is -2.13. The molecule has 0 radical (unpaired) electrons. The number of hydrogen-bond acceptors (Lipinski definition) is 3. The molecular formula is C16H12N2S2. The third kappa shape index (κ3) is 4.21. The summed E-state index contributed by atoms with van der Waals surface area (Å²) in [4.78, 5) is 3.92. The van der Waals surface area contributed by atoms with Gasteiger partial charge < -0.3 is 5.32 Å². The van der Waals surface area contributed by atoms with Crippen LogP contribution in [0.15, 0.2) is 53.5 Å². The number of nitrogens with one attached hydrogen (secondary N) is 1. The van der Waals surface area contributed by atoms with E-state index in [0.717, 1.165) is 22.5 Å². The Kier molecular flexibility index (Phi) is 5.33. The van der Waals surface area contributed by atoms with E-state index in [0.29, 0.717) is 0 Å². The number of anilines is 1. The van der Waals surface area contributed by atoms with Gasteiger partial charge in [-0.05, 0) is 47.6 Å². The highest BCUT2D eigenvalue weighted by Crippen LogP contribution is 2.15. The van der Waals surface area contributed by atoms with E-state index >= 15 is 0 Å². The predicted octanol–water partition coefficient (Wildman–Crippen LogP) is 4.96. The monoisotopic (exact) mass is 296 g/mol. The van der Waals surface area contributed by atoms with E-state index in [-0.39, 0.29) is 0 Å². The van der Waals surface area contributed by atoms with Crippen LogP contribution in [0.2, 0.25) is 0 Å². The summed E-state index contributed by atoms with van der Waals surface area (Å²) in [7, 11) is 0. The first kappa shape index (κ1) is 14.3. The zero-order valence-electron chi connectivity index (χ0n) is 10.6. The highest BCUT2D eigenvalue weighted by Gasteiger charge is 1.91. The maximum atomic E-state index is 4.74. The molecule has 2 aromatic rings. The third-order valence-electron chi connectivity index (χ3n) is 2.67. The zero-order valence-corrected chi connectivity index (χ0v) is 12.2. The summed E-state index contributed by atoms with van der Waals surface area (Å²) in [6.07, 6.45) is 4.10. The zero-order chi connectivity index (χ0) is 14.2. The van der Waals surface area contributed by atoms with Gasteiger partial charge in [0.05, 0.1) is 16.3 Å². The number of isothiocyanates is 1. The molecule has 0 aliphatic carbocycles. The highest BCUT2D eigenvalue weighted by molar-refractivity contribution is 7.79. The molecule has 0 amide bonds. The molecule has 2 aromatic carbocycles. The topological polar surface area (TPSA) is 24.4 Å². The molecule has 2 rings (SSSR count). The lowest BCUT2D eigenvalue weighted by atomic mass is 10.1. The van der Waals surface area contributed by atoms with Crippen molar-refractivity contribution in [1.29, 1.82) is 0 Å². The van der Waals surface area contributed by atoms with Gasteiger partial charge in [-0.3, -0.25) is 0 Å². The van der Waals surface area contributed by atoms with Crippen LogP contribution in [0.5, 0.6) is 0 Å². The van der Waals surface area contributed by atoms with Crippen molar-refractivity contribution in [3.63, 3.8) is 0 Å². The summed E-state index contributed by atoms with van der Waals surface area (Å²) < 4.78 is 0. The van der Waals surface area contributed by atoms with Crippen LogP contribution in [-0.2, 0) is 0 Å². The van der Waals surface area contributed by atoms with Crippen LogP contribution in [0.3, 0.4) is 0 Å². The second-order valence-electron chi connectivity index (χ2n) is 4.01. The molecule has 20 heavy (non-hydrogen) atoms. The number of nitrogens with zero attached hydrogens (tertiary/aromatic N) is 1. The van der Waals surface area contributed by atoms with Gasteiger partial charge in [-0.25, -0.2) is 0 Å². The quantitative estimate of drug-likeness (QED) is 0.479. The van der Waals surface area contributed by atoms with Crippen LogP contribution in [0.4, 0.5) is 11.4 Å². The summed E-state index contributed by atoms with van der Waals surface area (Å²) >= 11 is 9.31. The smallest absolute Gasteiger partial charge is 0.0739 e. The molecule has 4 heteroatoms. The van der Waals surface area contributed by atoms with Gasteiger partial charge in [-0.2, -0.15) is 4.99 Å². The number of hydrogen-bond donors (Lipinski definition) is 1. The average molecular weight is 296 g/mol. The Labute approximate surface area is 128 Å². The fraction of sp³-hybridized carbons (Fsp3) is 0. The van der Waals surface area contributed by atoms with Gasteiger partial charge in [0, 0.05) is 5.69 Å². The van der Waals surface area contributed by atoms with Crippen LogP contribution in [-0.4, -0.2) is 10.7 Å². The molecule has 0 heterocycles. The van der Waals surface area contributed by atoms with Crippen molar-refractivity contribution < 1.29 is 0 Å². The number of benzene rings is 2. The fourth-order valence-corrected chi connectivity index (χ4v) is 1.91. The maximum Gasteiger partial charge on any atom is 0.0739 e. The van der Waals surface area contributed by atoms with Gasteiger partial charge in [0.15, 0.2) is 0 Å². The molecule has 0 saturated carbocycles. The first-order chi connectivity index (χ1) is 9.81. The molecule has 1 N–H and O–H groups in total. The molecule has 0 aliphatic rings. The molecule has 0 unspecified atom stereocenters. The normalized spacial score (nSPS) is 10.0. The lowest BCUT2D eigenvalue weighted by molar-refractivity contribution is 1.54. The van der Waals surface area contributed by atoms with Crippen LogP contribution < -0.4 is 5.32 Å². The molecule has 0 spiro atoms. The summed E-state index contributed by atoms with van der Waals surface area (Å²) in [5.74, 6) is 0. The van der Waals surface area contributed by atoms with E-state index in [1.165, 1.54) is 5.49 Å². The molecule has 0 aromatic heterocycles. The minimum Gasteiger partial charge on any atom is -0.353 e. The molecular weight excluding hydrogens is 284 g/mol. The lowest BCUT2D eigenvalue weighted by Gasteiger charge is -2.00. The van der Waals surface area contributed by atoms with E-state index in [9.17, 15) is 0 Å². The maximum absolute atomic E-state index is 4.74. The van der Waals surface area contributed by atoms with E-state index in [1.807, 2.05) is 54.6 Å². The van der Waals surface area contributed by atoms with Gasteiger partial charge >= 0.3 is 0 Å². The van der Waals surface area contributed by atoms with Gasteiger partial charge in [-0.15, -0.1) is 0 Å².